The molecule has 82 valence electrons. The standard InChI is InChI=1S/C10H13ClN2O2/c1-6(2)12-10(15)13-7-3-4-9(14)8(11)5-7/h3-6,14H,1-2H3,(H2,12,13,15). The lowest BCUT2D eigenvalue weighted by molar-refractivity contribution is 0.250. The van der Waals surface area contributed by atoms with Gasteiger partial charge in [-0.15, -0.1) is 0 Å². The van der Waals surface area contributed by atoms with Crippen molar-refractivity contribution >= 4 is 23.3 Å². The Labute approximate surface area is 93.2 Å². The number of halogens is 1. The monoisotopic (exact) mass is 228 g/mol. The van der Waals surface area contributed by atoms with E-state index in [4.69, 9.17) is 16.7 Å². The fraction of sp³-hybridized carbons (Fsp3) is 0.300. The molecule has 3 N–H and O–H groups in total. The van der Waals surface area contributed by atoms with Gasteiger partial charge >= 0.3 is 6.03 Å². The van der Waals surface area contributed by atoms with Gasteiger partial charge in [0.15, 0.2) is 0 Å². The number of hydrogen-bond donors (Lipinski definition) is 3. The summed E-state index contributed by atoms with van der Waals surface area (Å²) in [5.74, 6) is -0.00788. The summed E-state index contributed by atoms with van der Waals surface area (Å²) in [5.41, 5.74) is 0.538. The zero-order valence-corrected chi connectivity index (χ0v) is 9.30. The summed E-state index contributed by atoms with van der Waals surface area (Å²) in [7, 11) is 0. The first kappa shape index (κ1) is 11.7. The van der Waals surface area contributed by atoms with Crippen molar-refractivity contribution < 1.29 is 9.90 Å². The molecule has 0 aliphatic rings. The lowest BCUT2D eigenvalue weighted by Crippen LogP contribution is -2.34. The molecule has 0 aliphatic heterocycles. The largest absolute Gasteiger partial charge is 0.506 e. The maximum Gasteiger partial charge on any atom is 0.319 e. The van der Waals surface area contributed by atoms with Gasteiger partial charge in [0.05, 0.1) is 5.02 Å². The highest BCUT2D eigenvalue weighted by atomic mass is 35.5. The van der Waals surface area contributed by atoms with Crippen molar-refractivity contribution in [2.45, 2.75) is 19.9 Å². The van der Waals surface area contributed by atoms with Gasteiger partial charge < -0.3 is 15.7 Å². The molecule has 0 aromatic heterocycles. The van der Waals surface area contributed by atoms with Crippen LogP contribution < -0.4 is 10.6 Å². The molecular weight excluding hydrogens is 216 g/mol. The number of nitrogens with one attached hydrogen (secondary N) is 2. The predicted octanol–water partition coefficient (Wildman–Crippen LogP) is 2.58. The Morgan fingerprint density at radius 3 is 2.67 bits per heavy atom. The van der Waals surface area contributed by atoms with Gasteiger partial charge in [0, 0.05) is 11.7 Å². The summed E-state index contributed by atoms with van der Waals surface area (Å²) in [5, 5.41) is 14.6. The summed E-state index contributed by atoms with van der Waals surface area (Å²) in [6.45, 7) is 3.73. The molecule has 1 aromatic rings. The second-order valence-electron chi connectivity index (χ2n) is 3.42. The van der Waals surface area contributed by atoms with Crippen LogP contribution >= 0.6 is 11.6 Å². The van der Waals surface area contributed by atoms with Crippen molar-refractivity contribution in [3.8, 4) is 5.75 Å². The third-order valence-corrected chi connectivity index (χ3v) is 1.93. The zero-order valence-electron chi connectivity index (χ0n) is 8.54. The SMILES string of the molecule is CC(C)NC(=O)Nc1ccc(O)c(Cl)c1. The molecule has 1 aromatic carbocycles. The second kappa shape index (κ2) is 4.89. The number of carbonyl (C=O) groups excluding carboxylic acids is 1. The highest BCUT2D eigenvalue weighted by molar-refractivity contribution is 6.32. The molecule has 0 aliphatic carbocycles. The van der Waals surface area contributed by atoms with E-state index in [-0.39, 0.29) is 22.8 Å². The number of aromatic hydroxyl groups is 1. The number of phenolic OH excluding ortho intramolecular Hbond substituents is 1. The summed E-state index contributed by atoms with van der Waals surface area (Å²) in [4.78, 5) is 11.3. The molecule has 0 spiro atoms. The highest BCUT2D eigenvalue weighted by Gasteiger charge is 2.05. The van der Waals surface area contributed by atoms with Crippen LogP contribution in [0.1, 0.15) is 13.8 Å². The molecule has 0 atom stereocenters. The van der Waals surface area contributed by atoms with Gasteiger partial charge in [0.1, 0.15) is 5.75 Å². The molecule has 0 saturated heterocycles. The quantitative estimate of drug-likeness (QED) is 0.682. The fourth-order valence-electron chi connectivity index (χ4n) is 1.01. The smallest absolute Gasteiger partial charge is 0.319 e. The van der Waals surface area contributed by atoms with Crippen molar-refractivity contribution in [1.29, 1.82) is 0 Å². The van der Waals surface area contributed by atoms with E-state index in [1.165, 1.54) is 12.1 Å². The molecule has 1 rings (SSSR count). The molecule has 4 nitrogen and oxygen atoms in total. The van der Waals surface area contributed by atoms with Crippen LogP contribution in [0.15, 0.2) is 18.2 Å². The topological polar surface area (TPSA) is 61.4 Å². The molecule has 0 unspecified atom stereocenters. The number of anilines is 1. The van der Waals surface area contributed by atoms with Crippen molar-refractivity contribution in [3.63, 3.8) is 0 Å². The molecule has 0 radical (unpaired) electrons. The lowest BCUT2D eigenvalue weighted by atomic mass is 10.3. The number of amides is 2. The summed E-state index contributed by atoms with van der Waals surface area (Å²) >= 11 is 5.68. The number of benzene rings is 1. The summed E-state index contributed by atoms with van der Waals surface area (Å²) in [6.07, 6.45) is 0. The molecule has 5 heteroatoms. The lowest BCUT2D eigenvalue weighted by Gasteiger charge is -2.10. The van der Waals surface area contributed by atoms with Gasteiger partial charge in [-0.2, -0.15) is 0 Å². The van der Waals surface area contributed by atoms with E-state index in [0.29, 0.717) is 5.69 Å². The Balaban J connectivity index is 2.65. The molecule has 0 saturated carbocycles. The van der Waals surface area contributed by atoms with E-state index in [2.05, 4.69) is 10.6 Å². The van der Waals surface area contributed by atoms with Crippen LogP contribution in [0.2, 0.25) is 5.02 Å². The van der Waals surface area contributed by atoms with Crippen molar-refractivity contribution in [2.24, 2.45) is 0 Å². The van der Waals surface area contributed by atoms with E-state index in [0.717, 1.165) is 0 Å². The third-order valence-electron chi connectivity index (χ3n) is 1.63. The van der Waals surface area contributed by atoms with E-state index < -0.39 is 0 Å². The summed E-state index contributed by atoms with van der Waals surface area (Å²) in [6, 6.07) is 4.25. The molecule has 15 heavy (non-hydrogen) atoms. The maximum absolute atomic E-state index is 11.3. The Kier molecular flexibility index (Phi) is 3.80. The maximum atomic E-state index is 11.3. The van der Waals surface area contributed by atoms with Crippen LogP contribution in [0.3, 0.4) is 0 Å². The predicted molar refractivity (Wildman–Crippen MR) is 60.4 cm³/mol. The molecule has 0 heterocycles. The van der Waals surface area contributed by atoms with E-state index in [1.54, 1.807) is 6.07 Å². The first-order valence-corrected chi connectivity index (χ1v) is 4.93. The van der Waals surface area contributed by atoms with Gasteiger partial charge in [0.2, 0.25) is 0 Å². The van der Waals surface area contributed by atoms with Gasteiger partial charge in [-0.1, -0.05) is 11.6 Å². The van der Waals surface area contributed by atoms with Crippen molar-refractivity contribution in [3.05, 3.63) is 23.2 Å². The third kappa shape index (κ3) is 3.67. The van der Waals surface area contributed by atoms with E-state index in [1.807, 2.05) is 13.8 Å². The van der Waals surface area contributed by atoms with Crippen molar-refractivity contribution in [1.82, 2.24) is 5.32 Å². The average molecular weight is 229 g/mol. The van der Waals surface area contributed by atoms with Crippen LogP contribution in [-0.2, 0) is 0 Å². The molecule has 0 bridgehead atoms. The summed E-state index contributed by atoms with van der Waals surface area (Å²) < 4.78 is 0. The van der Waals surface area contributed by atoms with Crippen LogP contribution in [0, 0.1) is 0 Å². The minimum atomic E-state index is -0.299. The number of carbonyl (C=O) groups is 1. The Hall–Kier alpha value is -1.42. The minimum Gasteiger partial charge on any atom is -0.506 e. The Morgan fingerprint density at radius 2 is 2.13 bits per heavy atom. The van der Waals surface area contributed by atoms with Gasteiger partial charge in [-0.05, 0) is 32.0 Å². The Bertz CT molecular complexity index is 366. The molecule has 0 fully saturated rings. The van der Waals surface area contributed by atoms with Gasteiger partial charge in [-0.25, -0.2) is 4.79 Å². The number of rotatable bonds is 2. The highest BCUT2D eigenvalue weighted by Crippen LogP contribution is 2.25. The first-order chi connectivity index (χ1) is 6.99. The van der Waals surface area contributed by atoms with Crippen LogP contribution in [0.4, 0.5) is 10.5 Å². The number of hydrogen-bond acceptors (Lipinski definition) is 2. The molecular formula is C10H13ClN2O2. The zero-order chi connectivity index (χ0) is 11.4. The van der Waals surface area contributed by atoms with Crippen LogP contribution in [0.25, 0.3) is 0 Å². The van der Waals surface area contributed by atoms with Gasteiger partial charge in [-0.3, -0.25) is 0 Å². The van der Waals surface area contributed by atoms with Gasteiger partial charge in [0.25, 0.3) is 0 Å². The van der Waals surface area contributed by atoms with Crippen molar-refractivity contribution in [2.75, 3.05) is 5.32 Å². The fourth-order valence-corrected chi connectivity index (χ4v) is 1.19. The van der Waals surface area contributed by atoms with Crippen LogP contribution in [0.5, 0.6) is 5.75 Å². The number of urea groups is 1. The van der Waals surface area contributed by atoms with Crippen LogP contribution in [-0.4, -0.2) is 17.2 Å². The molecule has 2 amide bonds. The average Bonchev–Trinajstić information content (AvgIpc) is 2.10. The number of phenols is 1. The Morgan fingerprint density at radius 1 is 1.47 bits per heavy atom. The second-order valence-corrected chi connectivity index (χ2v) is 3.83. The normalized spacial score (nSPS) is 10.1. The minimum absolute atomic E-state index is 0.00788. The van der Waals surface area contributed by atoms with E-state index in [9.17, 15) is 4.79 Å². The van der Waals surface area contributed by atoms with E-state index >= 15 is 0 Å². The first-order valence-electron chi connectivity index (χ1n) is 4.55.